The van der Waals surface area contributed by atoms with E-state index in [9.17, 15) is 18.9 Å². The van der Waals surface area contributed by atoms with Gasteiger partial charge in [0.1, 0.15) is 18.0 Å². The van der Waals surface area contributed by atoms with Crippen LogP contribution >= 0.6 is 0 Å². The molecule has 0 amide bonds. The SMILES string of the molecule is CC(C)Nc1ncnc(Nc2cc(F)ccc2F)c1[N+](=O)[O-]. The first kappa shape index (κ1) is 15.5. The maximum Gasteiger partial charge on any atom is 0.353 e. The van der Waals surface area contributed by atoms with Gasteiger partial charge >= 0.3 is 5.69 Å². The van der Waals surface area contributed by atoms with Gasteiger partial charge in [-0.05, 0) is 26.0 Å². The smallest absolute Gasteiger partial charge is 0.353 e. The number of benzene rings is 1. The minimum atomic E-state index is -0.757. The summed E-state index contributed by atoms with van der Waals surface area (Å²) in [5.41, 5.74) is -0.697. The number of anilines is 3. The molecule has 116 valence electrons. The summed E-state index contributed by atoms with van der Waals surface area (Å²) in [5, 5.41) is 16.5. The van der Waals surface area contributed by atoms with Crippen LogP contribution in [0, 0.1) is 21.7 Å². The van der Waals surface area contributed by atoms with Crippen LogP contribution in [0.15, 0.2) is 24.5 Å². The summed E-state index contributed by atoms with van der Waals surface area (Å²) in [4.78, 5) is 18.1. The third-order valence-electron chi connectivity index (χ3n) is 2.61. The van der Waals surface area contributed by atoms with Gasteiger partial charge in [0.2, 0.25) is 11.6 Å². The van der Waals surface area contributed by atoms with E-state index in [0.717, 1.165) is 24.5 Å². The summed E-state index contributed by atoms with van der Waals surface area (Å²) in [6.45, 7) is 3.57. The van der Waals surface area contributed by atoms with Crippen molar-refractivity contribution < 1.29 is 13.7 Å². The Hall–Kier alpha value is -2.84. The van der Waals surface area contributed by atoms with Crippen LogP contribution in [0.4, 0.5) is 31.8 Å². The van der Waals surface area contributed by atoms with Crippen molar-refractivity contribution in [2.45, 2.75) is 19.9 Å². The lowest BCUT2D eigenvalue weighted by molar-refractivity contribution is -0.383. The van der Waals surface area contributed by atoms with Crippen molar-refractivity contribution in [3.63, 3.8) is 0 Å². The van der Waals surface area contributed by atoms with Crippen molar-refractivity contribution in [3.05, 3.63) is 46.3 Å². The van der Waals surface area contributed by atoms with E-state index in [1.807, 2.05) is 0 Å². The molecule has 1 aromatic carbocycles. The monoisotopic (exact) mass is 309 g/mol. The topological polar surface area (TPSA) is 93.0 Å². The van der Waals surface area contributed by atoms with Gasteiger partial charge in [-0.1, -0.05) is 0 Å². The third-order valence-corrected chi connectivity index (χ3v) is 2.61. The summed E-state index contributed by atoms with van der Waals surface area (Å²) < 4.78 is 26.8. The first-order chi connectivity index (χ1) is 10.4. The highest BCUT2D eigenvalue weighted by molar-refractivity contribution is 5.74. The molecule has 2 rings (SSSR count). The van der Waals surface area contributed by atoms with E-state index >= 15 is 0 Å². The highest BCUT2D eigenvalue weighted by Crippen LogP contribution is 2.32. The molecule has 0 fully saturated rings. The van der Waals surface area contributed by atoms with E-state index < -0.39 is 22.2 Å². The van der Waals surface area contributed by atoms with E-state index in [1.54, 1.807) is 13.8 Å². The van der Waals surface area contributed by atoms with Gasteiger partial charge in [-0.3, -0.25) is 10.1 Å². The molecule has 22 heavy (non-hydrogen) atoms. The number of aromatic nitrogens is 2. The molecule has 0 saturated carbocycles. The largest absolute Gasteiger partial charge is 0.362 e. The Morgan fingerprint density at radius 1 is 1.23 bits per heavy atom. The second-order valence-corrected chi connectivity index (χ2v) is 4.72. The second-order valence-electron chi connectivity index (χ2n) is 4.72. The molecule has 0 radical (unpaired) electrons. The lowest BCUT2D eigenvalue weighted by atomic mass is 10.3. The molecule has 1 heterocycles. The lowest BCUT2D eigenvalue weighted by Crippen LogP contribution is -2.14. The number of nitro groups is 1. The molecule has 0 spiro atoms. The van der Waals surface area contributed by atoms with E-state index in [2.05, 4.69) is 20.6 Å². The van der Waals surface area contributed by atoms with Crippen LogP contribution in [0.1, 0.15) is 13.8 Å². The van der Waals surface area contributed by atoms with E-state index in [0.29, 0.717) is 0 Å². The number of hydrogen-bond donors (Lipinski definition) is 2. The van der Waals surface area contributed by atoms with Crippen molar-refractivity contribution in [1.29, 1.82) is 0 Å². The molecule has 9 heteroatoms. The lowest BCUT2D eigenvalue weighted by Gasteiger charge is -2.12. The second kappa shape index (κ2) is 6.29. The van der Waals surface area contributed by atoms with E-state index in [1.165, 1.54) is 0 Å². The highest BCUT2D eigenvalue weighted by atomic mass is 19.1. The van der Waals surface area contributed by atoms with Crippen LogP contribution in [0.25, 0.3) is 0 Å². The van der Waals surface area contributed by atoms with Gasteiger partial charge in [-0.25, -0.2) is 18.7 Å². The molecular formula is C13H13F2N5O2. The van der Waals surface area contributed by atoms with Gasteiger partial charge in [0, 0.05) is 12.1 Å². The van der Waals surface area contributed by atoms with Crippen molar-refractivity contribution in [2.75, 3.05) is 10.6 Å². The predicted molar refractivity (Wildman–Crippen MR) is 77.1 cm³/mol. The van der Waals surface area contributed by atoms with Gasteiger partial charge in [0.15, 0.2) is 0 Å². The molecule has 7 nitrogen and oxygen atoms in total. The zero-order valence-corrected chi connectivity index (χ0v) is 11.8. The van der Waals surface area contributed by atoms with Gasteiger partial charge in [-0.2, -0.15) is 0 Å². The Kier molecular flexibility index (Phi) is 4.44. The molecule has 0 aliphatic heterocycles. The zero-order chi connectivity index (χ0) is 16.3. The van der Waals surface area contributed by atoms with Crippen LogP contribution < -0.4 is 10.6 Å². The van der Waals surface area contributed by atoms with Crippen LogP contribution in [0.3, 0.4) is 0 Å². The average molecular weight is 309 g/mol. The number of halogens is 2. The fourth-order valence-corrected chi connectivity index (χ4v) is 1.74. The molecule has 0 unspecified atom stereocenters. The van der Waals surface area contributed by atoms with Gasteiger partial charge in [-0.15, -0.1) is 0 Å². The minimum Gasteiger partial charge on any atom is -0.362 e. The number of nitrogens with one attached hydrogen (secondary N) is 2. The fraction of sp³-hybridized carbons (Fsp3) is 0.231. The maximum absolute atomic E-state index is 13.6. The normalized spacial score (nSPS) is 10.6. The van der Waals surface area contributed by atoms with Crippen LogP contribution in [-0.2, 0) is 0 Å². The minimum absolute atomic E-state index is 0.00527. The summed E-state index contributed by atoms with van der Waals surface area (Å²) in [5.74, 6) is -1.67. The molecule has 1 aromatic heterocycles. The summed E-state index contributed by atoms with van der Waals surface area (Å²) >= 11 is 0. The standard InChI is InChI=1S/C13H13F2N5O2/c1-7(2)18-12-11(20(21)22)13(17-6-16-12)19-10-5-8(14)3-4-9(10)15/h3-7H,1-2H3,(H2,16,17,18,19). The Bertz CT molecular complexity index is 709. The maximum atomic E-state index is 13.6. The Morgan fingerprint density at radius 2 is 1.91 bits per heavy atom. The van der Waals surface area contributed by atoms with Gasteiger partial charge in [0.25, 0.3) is 0 Å². The first-order valence-electron chi connectivity index (χ1n) is 6.36. The highest BCUT2D eigenvalue weighted by Gasteiger charge is 2.24. The van der Waals surface area contributed by atoms with Gasteiger partial charge in [0.05, 0.1) is 10.6 Å². The number of hydrogen-bond acceptors (Lipinski definition) is 6. The van der Waals surface area contributed by atoms with E-state index in [-0.39, 0.29) is 23.4 Å². The molecule has 2 N–H and O–H groups in total. The number of rotatable bonds is 5. The van der Waals surface area contributed by atoms with Crippen LogP contribution in [0.2, 0.25) is 0 Å². The summed E-state index contributed by atoms with van der Waals surface area (Å²) in [6.07, 6.45) is 1.09. The first-order valence-corrected chi connectivity index (χ1v) is 6.36. The summed E-state index contributed by atoms with van der Waals surface area (Å²) in [6, 6.07) is 2.64. The molecule has 0 atom stereocenters. The molecule has 0 aliphatic rings. The average Bonchev–Trinajstić information content (AvgIpc) is 2.42. The molecule has 2 aromatic rings. The van der Waals surface area contributed by atoms with Crippen molar-refractivity contribution in [1.82, 2.24) is 9.97 Å². The number of nitrogens with zero attached hydrogens (tertiary/aromatic N) is 3. The Labute approximate surface area is 124 Å². The summed E-state index contributed by atoms with van der Waals surface area (Å²) in [7, 11) is 0. The molecule has 0 saturated heterocycles. The Balaban J connectivity index is 2.46. The van der Waals surface area contributed by atoms with Gasteiger partial charge < -0.3 is 10.6 Å². The van der Waals surface area contributed by atoms with Crippen molar-refractivity contribution >= 4 is 23.0 Å². The van der Waals surface area contributed by atoms with Crippen LogP contribution in [-0.4, -0.2) is 20.9 Å². The quantitative estimate of drug-likeness (QED) is 0.650. The molecule has 0 bridgehead atoms. The molecular weight excluding hydrogens is 296 g/mol. The third kappa shape index (κ3) is 3.43. The fourth-order valence-electron chi connectivity index (χ4n) is 1.74. The zero-order valence-electron chi connectivity index (χ0n) is 11.8. The predicted octanol–water partition coefficient (Wildman–Crippen LogP) is 3.23. The molecule has 0 aliphatic carbocycles. The Morgan fingerprint density at radius 3 is 2.55 bits per heavy atom. The van der Waals surface area contributed by atoms with Crippen molar-refractivity contribution in [2.24, 2.45) is 0 Å². The van der Waals surface area contributed by atoms with E-state index in [4.69, 9.17) is 0 Å². The van der Waals surface area contributed by atoms with Crippen molar-refractivity contribution in [3.8, 4) is 0 Å². The van der Waals surface area contributed by atoms with Crippen LogP contribution in [0.5, 0.6) is 0 Å².